The molecule has 51 heavy (non-hydrogen) atoms. The number of nitrogens with zero attached hydrogens (tertiary/aromatic N) is 2. The number of amides is 4. The first-order valence-corrected chi connectivity index (χ1v) is 18.6. The number of sulfonamides is 1. The van der Waals surface area contributed by atoms with Gasteiger partial charge in [0.25, 0.3) is 5.91 Å². The average molecular weight is 716 g/mol. The van der Waals surface area contributed by atoms with E-state index in [-0.39, 0.29) is 25.8 Å². The van der Waals surface area contributed by atoms with Gasteiger partial charge in [-0.1, -0.05) is 51.1 Å². The molecule has 1 aromatic heterocycles. The average Bonchev–Trinajstić information content (AvgIpc) is 3.85. The largest absolute Gasteiger partial charge is 0.497 e. The van der Waals surface area contributed by atoms with Crippen LogP contribution in [0.5, 0.6) is 11.5 Å². The lowest BCUT2D eigenvalue weighted by atomic mass is 9.76. The van der Waals surface area contributed by atoms with Crippen molar-refractivity contribution in [2.45, 2.75) is 88.3 Å². The SMILES string of the molecule is [B]C(=O)N[C@H](C(=O)N1C[C@H](Oc2cc(-c3ccccc3)nc3cc(OC)ccc23)C[C@H]1C(=O)NC1(C(=O)NS(=O)(=O)C2CC2)CCC1)C(C)(C)C. The number of pyridine rings is 1. The van der Waals surface area contributed by atoms with E-state index >= 15 is 0 Å². The van der Waals surface area contributed by atoms with Crippen LogP contribution < -0.4 is 24.8 Å². The van der Waals surface area contributed by atoms with E-state index in [2.05, 4.69) is 15.4 Å². The summed E-state index contributed by atoms with van der Waals surface area (Å²) in [4.78, 5) is 60.0. The standard InChI is InChI=1S/C36H42BN5O8S/c1-35(2,3)30(39-34(37)46)32(44)42-20-23(18-28(42)31(43)40-36(15-8-16-36)33(45)41-51(47,48)24-12-13-24)50-29-19-26(21-9-6-5-7-10-21)38-27-17-22(49-4)11-14-25(27)29/h5-7,9-11,14,17,19,23-24,28,30H,8,12-13,15-16,18,20H2,1-4H3,(H,39,46)(H,40,43)(H,41,45)/t23-,28+,30-/m1/s1. The van der Waals surface area contributed by atoms with Gasteiger partial charge in [0.05, 0.1) is 30.1 Å². The molecule has 4 amide bonds. The number of aromatic nitrogens is 1. The van der Waals surface area contributed by atoms with E-state index in [1.54, 1.807) is 40.0 Å². The minimum atomic E-state index is -3.85. The third-order valence-corrected chi connectivity index (χ3v) is 11.6. The summed E-state index contributed by atoms with van der Waals surface area (Å²) in [6.07, 6.45) is 1.39. The highest BCUT2D eigenvalue weighted by atomic mass is 32.2. The van der Waals surface area contributed by atoms with Gasteiger partial charge in [-0.25, -0.2) is 13.4 Å². The molecule has 3 aliphatic rings. The molecular weight excluding hydrogens is 673 g/mol. The Morgan fingerprint density at radius 3 is 2.33 bits per heavy atom. The summed E-state index contributed by atoms with van der Waals surface area (Å²) in [5.41, 5.74) is -0.117. The van der Waals surface area contributed by atoms with E-state index in [0.29, 0.717) is 47.4 Å². The zero-order valence-electron chi connectivity index (χ0n) is 29.1. The molecule has 3 atom stereocenters. The third kappa shape index (κ3) is 7.68. The molecule has 1 saturated heterocycles. The lowest BCUT2D eigenvalue weighted by Gasteiger charge is -2.42. The summed E-state index contributed by atoms with van der Waals surface area (Å²) in [7, 11) is 3.18. The molecule has 268 valence electrons. The molecule has 1 aliphatic heterocycles. The zero-order valence-corrected chi connectivity index (χ0v) is 29.9. The Kier molecular flexibility index (Phi) is 9.79. The second-order valence-electron chi connectivity index (χ2n) is 14.6. The lowest BCUT2D eigenvalue weighted by Crippen LogP contribution is -2.66. The van der Waals surface area contributed by atoms with Crippen molar-refractivity contribution in [2.75, 3.05) is 13.7 Å². The summed E-state index contributed by atoms with van der Waals surface area (Å²) in [5, 5.41) is 5.42. The van der Waals surface area contributed by atoms with Gasteiger partial charge in [-0.05, 0) is 49.7 Å². The van der Waals surface area contributed by atoms with Gasteiger partial charge in [0, 0.05) is 29.5 Å². The highest BCUT2D eigenvalue weighted by Crippen LogP contribution is 2.37. The molecule has 13 nitrogen and oxygen atoms in total. The molecule has 2 aromatic carbocycles. The number of carbonyl (C=O) groups is 4. The number of hydrogen-bond acceptors (Lipinski definition) is 9. The minimum Gasteiger partial charge on any atom is -0.497 e. The summed E-state index contributed by atoms with van der Waals surface area (Å²) in [6, 6.07) is 14.6. The van der Waals surface area contributed by atoms with Gasteiger partial charge in [-0.3, -0.25) is 23.9 Å². The molecule has 0 bridgehead atoms. The van der Waals surface area contributed by atoms with Crippen molar-refractivity contribution in [3.05, 3.63) is 54.6 Å². The first-order valence-electron chi connectivity index (χ1n) is 17.1. The number of benzene rings is 2. The van der Waals surface area contributed by atoms with E-state index in [1.807, 2.05) is 42.5 Å². The lowest BCUT2D eigenvalue weighted by molar-refractivity contribution is -0.144. The Morgan fingerprint density at radius 2 is 1.75 bits per heavy atom. The fourth-order valence-corrected chi connectivity index (χ4v) is 7.99. The van der Waals surface area contributed by atoms with E-state index in [0.717, 1.165) is 5.56 Å². The van der Waals surface area contributed by atoms with Crippen molar-refractivity contribution in [3.8, 4) is 22.8 Å². The van der Waals surface area contributed by atoms with Gasteiger partial charge in [0.15, 0.2) is 5.81 Å². The summed E-state index contributed by atoms with van der Waals surface area (Å²) in [6.45, 7) is 5.27. The van der Waals surface area contributed by atoms with Gasteiger partial charge in [0.2, 0.25) is 29.7 Å². The molecule has 15 heteroatoms. The van der Waals surface area contributed by atoms with Crippen LogP contribution in [-0.2, 0) is 24.4 Å². The van der Waals surface area contributed by atoms with Gasteiger partial charge in [-0.2, -0.15) is 0 Å². The number of rotatable bonds is 11. The maximum Gasteiger partial charge on any atom is 0.259 e. The predicted octanol–water partition coefficient (Wildman–Crippen LogP) is 3.20. The van der Waals surface area contributed by atoms with Crippen LogP contribution in [0.3, 0.4) is 0 Å². The molecular formula is C36H42BN5O8S. The maximum absolute atomic E-state index is 14.3. The maximum atomic E-state index is 14.3. The summed E-state index contributed by atoms with van der Waals surface area (Å²) >= 11 is 0. The molecule has 3 aromatic rings. The van der Waals surface area contributed by atoms with Crippen LogP contribution in [-0.4, -0.2) is 92.3 Å². The van der Waals surface area contributed by atoms with E-state index in [9.17, 15) is 27.6 Å². The summed E-state index contributed by atoms with van der Waals surface area (Å²) in [5.74, 6) is -1.78. The van der Waals surface area contributed by atoms with Crippen molar-refractivity contribution in [1.82, 2.24) is 25.2 Å². The number of carbonyl (C=O) groups excluding carboxylic acids is 4. The van der Waals surface area contributed by atoms with Gasteiger partial charge in [0.1, 0.15) is 35.2 Å². The fourth-order valence-electron chi connectivity index (χ4n) is 6.62. The molecule has 3 fully saturated rings. The molecule has 2 radical (unpaired) electrons. The van der Waals surface area contributed by atoms with E-state index < -0.39 is 67.9 Å². The third-order valence-electron chi connectivity index (χ3n) is 9.79. The Balaban J connectivity index is 1.32. The van der Waals surface area contributed by atoms with Crippen molar-refractivity contribution in [2.24, 2.45) is 5.41 Å². The van der Waals surface area contributed by atoms with Crippen LogP contribution in [0.4, 0.5) is 4.79 Å². The normalized spacial score (nSPS) is 20.5. The van der Waals surface area contributed by atoms with Gasteiger partial charge < -0.3 is 25.0 Å². The molecule has 3 N–H and O–H groups in total. The van der Waals surface area contributed by atoms with Crippen LogP contribution in [0.1, 0.15) is 59.3 Å². The molecule has 2 saturated carbocycles. The molecule has 2 aliphatic carbocycles. The van der Waals surface area contributed by atoms with Crippen molar-refractivity contribution in [3.63, 3.8) is 0 Å². The van der Waals surface area contributed by atoms with Gasteiger partial charge >= 0.3 is 0 Å². The monoisotopic (exact) mass is 715 g/mol. The predicted molar refractivity (Wildman–Crippen MR) is 191 cm³/mol. The highest BCUT2D eigenvalue weighted by molar-refractivity contribution is 7.91. The molecule has 2 heterocycles. The van der Waals surface area contributed by atoms with Gasteiger partial charge in [-0.15, -0.1) is 0 Å². The number of hydrogen-bond donors (Lipinski definition) is 3. The number of nitrogens with one attached hydrogen (secondary N) is 3. The second kappa shape index (κ2) is 13.8. The van der Waals surface area contributed by atoms with Crippen molar-refractivity contribution in [1.29, 1.82) is 0 Å². The first kappa shape index (κ1) is 36.1. The second-order valence-corrected chi connectivity index (χ2v) is 16.6. The van der Waals surface area contributed by atoms with Crippen molar-refractivity contribution < 1.29 is 37.1 Å². The Labute approximate surface area is 298 Å². The fraction of sp³-hybridized carbons (Fsp3) is 0.472. The Morgan fingerprint density at radius 1 is 1.04 bits per heavy atom. The Hall–Kier alpha value is -4.66. The van der Waals surface area contributed by atoms with Crippen LogP contribution in [0.25, 0.3) is 22.2 Å². The number of fused-ring (bicyclic) bond motifs is 1. The minimum absolute atomic E-state index is 0.0279. The van der Waals surface area contributed by atoms with Crippen LogP contribution in [0.2, 0.25) is 0 Å². The highest BCUT2D eigenvalue weighted by Gasteiger charge is 2.52. The Bertz CT molecular complexity index is 1960. The van der Waals surface area contributed by atoms with Crippen LogP contribution in [0.15, 0.2) is 54.6 Å². The van der Waals surface area contributed by atoms with Crippen LogP contribution in [0, 0.1) is 5.41 Å². The summed E-state index contributed by atoms with van der Waals surface area (Å²) < 4.78 is 39.5. The molecule has 0 spiro atoms. The zero-order chi connectivity index (χ0) is 36.7. The number of ether oxygens (including phenoxy) is 2. The van der Waals surface area contributed by atoms with E-state index in [4.69, 9.17) is 22.3 Å². The smallest absolute Gasteiger partial charge is 0.259 e. The van der Waals surface area contributed by atoms with Crippen LogP contribution >= 0.6 is 0 Å². The first-order chi connectivity index (χ1) is 24.1. The topological polar surface area (TPSA) is 173 Å². The van der Waals surface area contributed by atoms with Crippen molar-refractivity contribution >= 4 is 52.3 Å². The molecule has 0 unspecified atom stereocenters. The number of likely N-dealkylation sites (tertiary alicyclic amines) is 1. The van der Waals surface area contributed by atoms with E-state index in [1.165, 1.54) is 4.90 Å². The molecule has 6 rings (SSSR count). The quantitative estimate of drug-likeness (QED) is 0.252. The number of methoxy groups -OCH3 is 1.